The molecule has 0 amide bonds. The van der Waals surface area contributed by atoms with Crippen molar-refractivity contribution in [3.05, 3.63) is 16.1 Å². The van der Waals surface area contributed by atoms with Crippen LogP contribution in [0.2, 0.25) is 0 Å². The van der Waals surface area contributed by atoms with Crippen LogP contribution in [-0.4, -0.2) is 36.6 Å². The minimum atomic E-state index is 0.956. The topological polar surface area (TPSA) is 28.2 Å². The van der Waals surface area contributed by atoms with Crippen LogP contribution in [0.5, 0.6) is 0 Å². The molecule has 0 atom stereocenters. The second kappa shape index (κ2) is 6.93. The van der Waals surface area contributed by atoms with Gasteiger partial charge in [0.15, 0.2) is 0 Å². The highest BCUT2D eigenvalue weighted by atomic mass is 32.1. The summed E-state index contributed by atoms with van der Waals surface area (Å²) in [5, 5.41) is 6.70. The van der Waals surface area contributed by atoms with Gasteiger partial charge in [-0.2, -0.15) is 0 Å². The number of aryl methyl sites for hydroxylation is 1. The maximum atomic E-state index is 4.45. The zero-order chi connectivity index (χ0) is 11.1. The van der Waals surface area contributed by atoms with E-state index in [1.165, 1.54) is 12.1 Å². The van der Waals surface area contributed by atoms with Gasteiger partial charge < -0.3 is 5.32 Å². The lowest BCUT2D eigenvalue weighted by molar-refractivity contribution is 0.321. The molecule has 0 unspecified atom stereocenters. The van der Waals surface area contributed by atoms with E-state index in [0.29, 0.717) is 0 Å². The van der Waals surface area contributed by atoms with Crippen LogP contribution in [0.1, 0.15) is 24.0 Å². The summed E-state index contributed by atoms with van der Waals surface area (Å²) in [6.07, 6.45) is 1.20. The normalized spacial score (nSPS) is 11.2. The predicted molar refractivity (Wildman–Crippen MR) is 66.3 cm³/mol. The quantitative estimate of drug-likeness (QED) is 0.721. The molecule has 0 saturated heterocycles. The molecular formula is C11H21N3S. The first kappa shape index (κ1) is 12.6. The van der Waals surface area contributed by atoms with Gasteiger partial charge in [0.1, 0.15) is 0 Å². The fourth-order valence-electron chi connectivity index (χ4n) is 1.41. The average molecular weight is 227 g/mol. The Labute approximate surface area is 96.5 Å². The molecule has 0 aromatic carbocycles. The Kier molecular flexibility index (Phi) is 5.83. The molecule has 0 saturated carbocycles. The van der Waals surface area contributed by atoms with Crippen LogP contribution in [0.4, 0.5) is 0 Å². The number of aromatic nitrogens is 1. The third kappa shape index (κ3) is 5.25. The van der Waals surface area contributed by atoms with E-state index in [1.807, 2.05) is 0 Å². The van der Waals surface area contributed by atoms with Crippen molar-refractivity contribution in [2.75, 3.05) is 26.7 Å². The molecule has 0 radical (unpaired) electrons. The van der Waals surface area contributed by atoms with Gasteiger partial charge in [0.2, 0.25) is 0 Å². The van der Waals surface area contributed by atoms with Crippen molar-refractivity contribution in [2.45, 2.75) is 26.8 Å². The van der Waals surface area contributed by atoms with Crippen LogP contribution >= 0.6 is 11.3 Å². The molecular weight excluding hydrogens is 206 g/mol. The van der Waals surface area contributed by atoms with Gasteiger partial charge in [-0.05, 0) is 26.9 Å². The summed E-state index contributed by atoms with van der Waals surface area (Å²) in [5.41, 5.74) is 1.19. The smallest absolute Gasteiger partial charge is 0.0897 e. The molecule has 0 aliphatic heterocycles. The molecule has 1 aromatic heterocycles. The summed E-state index contributed by atoms with van der Waals surface area (Å²) in [5.74, 6) is 0. The number of hydrogen-bond acceptors (Lipinski definition) is 4. The fraction of sp³-hybridized carbons (Fsp3) is 0.727. The van der Waals surface area contributed by atoms with Gasteiger partial charge in [0.05, 0.1) is 10.7 Å². The van der Waals surface area contributed by atoms with Gasteiger partial charge in [-0.1, -0.05) is 6.92 Å². The summed E-state index contributed by atoms with van der Waals surface area (Å²) < 4.78 is 0. The molecule has 4 heteroatoms. The van der Waals surface area contributed by atoms with Crippen LogP contribution in [-0.2, 0) is 6.54 Å². The first-order valence-corrected chi connectivity index (χ1v) is 6.40. The number of hydrogen-bond donors (Lipinski definition) is 1. The average Bonchev–Trinajstić information content (AvgIpc) is 2.59. The minimum Gasteiger partial charge on any atom is -0.315 e. The molecule has 0 fully saturated rings. The lowest BCUT2D eigenvalue weighted by Gasteiger charge is -2.15. The van der Waals surface area contributed by atoms with E-state index < -0.39 is 0 Å². The van der Waals surface area contributed by atoms with Crippen molar-refractivity contribution in [1.82, 2.24) is 15.2 Å². The Bertz CT molecular complexity index is 273. The Morgan fingerprint density at radius 3 is 2.87 bits per heavy atom. The highest BCUT2D eigenvalue weighted by molar-refractivity contribution is 7.09. The molecule has 0 bridgehead atoms. The zero-order valence-corrected chi connectivity index (χ0v) is 10.7. The number of nitrogens with zero attached hydrogens (tertiary/aromatic N) is 2. The Morgan fingerprint density at radius 2 is 2.27 bits per heavy atom. The van der Waals surface area contributed by atoms with E-state index in [1.54, 1.807) is 11.3 Å². The molecule has 1 aromatic rings. The number of thiazole rings is 1. The van der Waals surface area contributed by atoms with Crippen LogP contribution < -0.4 is 5.32 Å². The molecule has 1 N–H and O–H groups in total. The standard InChI is InChI=1S/C11H21N3S/c1-4-5-12-6-7-14(3)8-11-9-15-10(2)13-11/h9,12H,4-8H2,1-3H3. The Morgan fingerprint density at radius 1 is 1.47 bits per heavy atom. The van der Waals surface area contributed by atoms with Crippen LogP contribution in [0.25, 0.3) is 0 Å². The predicted octanol–water partition coefficient (Wildman–Crippen LogP) is 1.88. The molecule has 86 valence electrons. The first-order chi connectivity index (χ1) is 7.22. The largest absolute Gasteiger partial charge is 0.315 e. The molecule has 1 rings (SSSR count). The zero-order valence-electron chi connectivity index (χ0n) is 9.92. The maximum absolute atomic E-state index is 4.45. The van der Waals surface area contributed by atoms with Crippen LogP contribution in [0.3, 0.4) is 0 Å². The van der Waals surface area contributed by atoms with Gasteiger partial charge in [0.25, 0.3) is 0 Å². The van der Waals surface area contributed by atoms with E-state index in [9.17, 15) is 0 Å². The lowest BCUT2D eigenvalue weighted by atomic mass is 10.4. The van der Waals surface area contributed by atoms with Gasteiger partial charge >= 0.3 is 0 Å². The number of rotatable bonds is 7. The van der Waals surface area contributed by atoms with Crippen molar-refractivity contribution >= 4 is 11.3 Å². The summed E-state index contributed by atoms with van der Waals surface area (Å²) in [6, 6.07) is 0. The molecule has 0 aliphatic rings. The summed E-state index contributed by atoms with van der Waals surface area (Å²) >= 11 is 1.72. The number of nitrogens with one attached hydrogen (secondary N) is 1. The molecule has 15 heavy (non-hydrogen) atoms. The highest BCUT2D eigenvalue weighted by Crippen LogP contribution is 2.09. The molecule has 0 spiro atoms. The first-order valence-electron chi connectivity index (χ1n) is 5.52. The van der Waals surface area contributed by atoms with Crippen LogP contribution in [0, 0.1) is 6.92 Å². The molecule has 3 nitrogen and oxygen atoms in total. The van der Waals surface area contributed by atoms with E-state index in [2.05, 4.69) is 41.5 Å². The Balaban J connectivity index is 2.15. The third-order valence-corrected chi connectivity index (χ3v) is 3.02. The Hall–Kier alpha value is -0.450. The third-order valence-electron chi connectivity index (χ3n) is 2.20. The second-order valence-corrected chi connectivity index (χ2v) is 4.91. The van der Waals surface area contributed by atoms with Gasteiger partial charge in [-0.25, -0.2) is 4.98 Å². The van der Waals surface area contributed by atoms with E-state index in [4.69, 9.17) is 0 Å². The van der Waals surface area contributed by atoms with Crippen molar-refractivity contribution in [3.8, 4) is 0 Å². The minimum absolute atomic E-state index is 0.956. The number of likely N-dealkylation sites (N-methyl/N-ethyl adjacent to an activating group) is 1. The molecule has 0 aliphatic carbocycles. The SMILES string of the molecule is CCCNCCN(C)Cc1csc(C)n1. The van der Waals surface area contributed by atoms with Crippen LogP contribution in [0.15, 0.2) is 5.38 Å². The second-order valence-electron chi connectivity index (χ2n) is 3.85. The monoisotopic (exact) mass is 227 g/mol. The van der Waals surface area contributed by atoms with E-state index >= 15 is 0 Å². The van der Waals surface area contributed by atoms with Gasteiger partial charge in [0, 0.05) is 25.0 Å². The lowest BCUT2D eigenvalue weighted by Crippen LogP contribution is -2.29. The van der Waals surface area contributed by atoms with Crippen molar-refractivity contribution in [2.24, 2.45) is 0 Å². The highest BCUT2D eigenvalue weighted by Gasteiger charge is 2.02. The summed E-state index contributed by atoms with van der Waals surface area (Å²) in [6.45, 7) is 8.46. The van der Waals surface area contributed by atoms with Crippen molar-refractivity contribution in [3.63, 3.8) is 0 Å². The summed E-state index contributed by atoms with van der Waals surface area (Å²) in [4.78, 5) is 6.75. The van der Waals surface area contributed by atoms with Gasteiger partial charge in [-0.3, -0.25) is 4.90 Å². The van der Waals surface area contributed by atoms with Crippen molar-refractivity contribution in [1.29, 1.82) is 0 Å². The fourth-order valence-corrected chi connectivity index (χ4v) is 2.01. The van der Waals surface area contributed by atoms with Gasteiger partial charge in [-0.15, -0.1) is 11.3 Å². The van der Waals surface area contributed by atoms with E-state index in [0.717, 1.165) is 31.2 Å². The molecule has 1 heterocycles. The summed E-state index contributed by atoms with van der Waals surface area (Å²) in [7, 11) is 2.14. The maximum Gasteiger partial charge on any atom is 0.0897 e. The van der Waals surface area contributed by atoms with Crippen molar-refractivity contribution < 1.29 is 0 Å². The van der Waals surface area contributed by atoms with E-state index in [-0.39, 0.29) is 0 Å².